The predicted molar refractivity (Wildman–Crippen MR) is 65.1 cm³/mol. The van der Waals surface area contributed by atoms with Crippen molar-refractivity contribution in [3.05, 3.63) is 35.2 Å². The molecule has 0 saturated carbocycles. The largest absolute Gasteiger partial charge is 0.349 e. The Morgan fingerprint density at radius 2 is 1.87 bits per heavy atom. The first kappa shape index (κ1) is 10.5. The second-order valence-electron chi connectivity index (χ2n) is 4.63. The monoisotopic (exact) mass is 203 g/mol. The fourth-order valence-electron chi connectivity index (χ4n) is 2.44. The van der Waals surface area contributed by atoms with Crippen molar-refractivity contribution in [2.75, 3.05) is 0 Å². The van der Waals surface area contributed by atoms with E-state index in [0.29, 0.717) is 0 Å². The van der Waals surface area contributed by atoms with Gasteiger partial charge in [0.1, 0.15) is 0 Å². The quantitative estimate of drug-likeness (QED) is 0.654. The van der Waals surface area contributed by atoms with Gasteiger partial charge < -0.3 is 4.57 Å². The van der Waals surface area contributed by atoms with Gasteiger partial charge in [-0.1, -0.05) is 11.6 Å². The van der Waals surface area contributed by atoms with Gasteiger partial charge in [-0.3, -0.25) is 0 Å². The molecule has 1 heterocycles. The van der Waals surface area contributed by atoms with Crippen LogP contribution in [0.3, 0.4) is 0 Å². The molecule has 1 aliphatic carbocycles. The highest BCUT2D eigenvalue weighted by molar-refractivity contribution is 5.14. The van der Waals surface area contributed by atoms with Gasteiger partial charge in [0.2, 0.25) is 0 Å². The Balaban J connectivity index is 1.95. The maximum atomic E-state index is 2.46. The van der Waals surface area contributed by atoms with E-state index in [2.05, 4.69) is 36.6 Å². The van der Waals surface area contributed by atoms with Crippen LogP contribution < -0.4 is 0 Å². The second-order valence-corrected chi connectivity index (χ2v) is 4.63. The molecule has 1 nitrogen and oxygen atoms in total. The molecule has 1 aliphatic rings. The van der Waals surface area contributed by atoms with Crippen LogP contribution in [0.15, 0.2) is 23.8 Å². The summed E-state index contributed by atoms with van der Waals surface area (Å²) in [6, 6.07) is 4.43. The maximum absolute atomic E-state index is 2.46. The zero-order chi connectivity index (χ0) is 10.7. The number of hydrogen-bond donors (Lipinski definition) is 0. The summed E-state index contributed by atoms with van der Waals surface area (Å²) in [4.78, 5) is 0. The minimum Gasteiger partial charge on any atom is -0.349 e. The van der Waals surface area contributed by atoms with Crippen molar-refractivity contribution < 1.29 is 0 Å². The lowest BCUT2D eigenvalue weighted by molar-refractivity contribution is 0.611. The van der Waals surface area contributed by atoms with Crippen LogP contribution in [0.1, 0.15) is 43.5 Å². The molecule has 0 aliphatic heterocycles. The molecule has 2 rings (SSSR count). The van der Waals surface area contributed by atoms with Crippen molar-refractivity contribution in [3.63, 3.8) is 0 Å². The van der Waals surface area contributed by atoms with Crippen molar-refractivity contribution in [2.24, 2.45) is 0 Å². The van der Waals surface area contributed by atoms with Crippen LogP contribution in [0.4, 0.5) is 0 Å². The SMILES string of the molecule is Cc1ccc(C)n1CCC1=CCCCC1. The molecular weight excluding hydrogens is 182 g/mol. The van der Waals surface area contributed by atoms with Crippen LogP contribution in [-0.4, -0.2) is 4.57 Å². The highest BCUT2D eigenvalue weighted by atomic mass is 15.0. The maximum Gasteiger partial charge on any atom is 0.0261 e. The topological polar surface area (TPSA) is 4.93 Å². The molecular formula is C14H21N. The molecule has 0 atom stereocenters. The number of nitrogens with zero attached hydrogens (tertiary/aromatic N) is 1. The zero-order valence-electron chi connectivity index (χ0n) is 9.92. The van der Waals surface area contributed by atoms with E-state index < -0.39 is 0 Å². The van der Waals surface area contributed by atoms with Crippen LogP contribution in [0.2, 0.25) is 0 Å². The number of allylic oxidation sites excluding steroid dienone is 2. The summed E-state index contributed by atoms with van der Waals surface area (Å²) in [6.07, 6.45) is 9.13. The van der Waals surface area contributed by atoms with Crippen LogP contribution in [0, 0.1) is 13.8 Å². The van der Waals surface area contributed by atoms with Gasteiger partial charge in [0.25, 0.3) is 0 Å². The molecule has 0 fully saturated rings. The molecule has 1 aromatic rings. The highest BCUT2D eigenvalue weighted by Gasteiger charge is 2.05. The summed E-state index contributed by atoms with van der Waals surface area (Å²) in [6.45, 7) is 5.56. The van der Waals surface area contributed by atoms with Crippen molar-refractivity contribution in [1.29, 1.82) is 0 Å². The molecule has 0 bridgehead atoms. The average Bonchev–Trinajstić information content (AvgIpc) is 2.58. The van der Waals surface area contributed by atoms with E-state index in [9.17, 15) is 0 Å². The Hall–Kier alpha value is -0.980. The molecule has 0 saturated heterocycles. The van der Waals surface area contributed by atoms with Crippen molar-refractivity contribution >= 4 is 0 Å². The Morgan fingerprint density at radius 1 is 1.13 bits per heavy atom. The van der Waals surface area contributed by atoms with Gasteiger partial charge in [-0.15, -0.1) is 0 Å². The Bertz CT molecular complexity index is 338. The fourth-order valence-corrected chi connectivity index (χ4v) is 2.44. The van der Waals surface area contributed by atoms with Crippen LogP contribution in [0.25, 0.3) is 0 Å². The van der Waals surface area contributed by atoms with Gasteiger partial charge in [0.05, 0.1) is 0 Å². The normalized spacial score (nSPS) is 16.5. The second kappa shape index (κ2) is 4.69. The third-order valence-corrected chi connectivity index (χ3v) is 3.46. The molecule has 0 aromatic carbocycles. The molecule has 0 unspecified atom stereocenters. The lowest BCUT2D eigenvalue weighted by Gasteiger charge is -2.14. The molecule has 82 valence electrons. The van der Waals surface area contributed by atoms with Crippen molar-refractivity contribution in [3.8, 4) is 0 Å². The Kier molecular flexibility index (Phi) is 3.30. The summed E-state index contributed by atoms with van der Waals surface area (Å²) >= 11 is 0. The highest BCUT2D eigenvalue weighted by Crippen LogP contribution is 2.21. The van der Waals surface area contributed by atoms with E-state index >= 15 is 0 Å². The van der Waals surface area contributed by atoms with E-state index in [0.717, 1.165) is 6.54 Å². The average molecular weight is 203 g/mol. The molecule has 15 heavy (non-hydrogen) atoms. The molecule has 0 N–H and O–H groups in total. The minimum absolute atomic E-state index is 1.16. The first-order valence-corrected chi connectivity index (χ1v) is 6.08. The van der Waals surface area contributed by atoms with Gasteiger partial charge in [-0.25, -0.2) is 0 Å². The molecule has 0 spiro atoms. The smallest absolute Gasteiger partial charge is 0.0261 e. The lowest BCUT2D eigenvalue weighted by atomic mass is 9.97. The predicted octanol–water partition coefficient (Wildman–Crippen LogP) is 4.00. The molecule has 1 heteroatoms. The van der Waals surface area contributed by atoms with Gasteiger partial charge in [0.15, 0.2) is 0 Å². The minimum atomic E-state index is 1.16. The Labute approximate surface area is 92.8 Å². The standard InChI is InChI=1S/C14H21N/c1-12-8-9-13(2)15(12)11-10-14-6-4-3-5-7-14/h6,8-9H,3-5,7,10-11H2,1-2H3. The molecule has 0 amide bonds. The third-order valence-electron chi connectivity index (χ3n) is 3.46. The fraction of sp³-hybridized carbons (Fsp3) is 0.571. The van der Waals surface area contributed by atoms with Crippen LogP contribution in [0.5, 0.6) is 0 Å². The van der Waals surface area contributed by atoms with E-state index in [1.54, 1.807) is 5.57 Å². The Morgan fingerprint density at radius 3 is 2.47 bits per heavy atom. The van der Waals surface area contributed by atoms with Crippen molar-refractivity contribution in [1.82, 2.24) is 4.57 Å². The first-order valence-electron chi connectivity index (χ1n) is 6.08. The number of aromatic nitrogens is 1. The van der Waals surface area contributed by atoms with E-state index in [-0.39, 0.29) is 0 Å². The van der Waals surface area contributed by atoms with Gasteiger partial charge in [-0.05, 0) is 58.1 Å². The van der Waals surface area contributed by atoms with Gasteiger partial charge >= 0.3 is 0 Å². The van der Waals surface area contributed by atoms with E-state index in [4.69, 9.17) is 0 Å². The zero-order valence-corrected chi connectivity index (χ0v) is 9.92. The molecule has 1 aromatic heterocycles. The van der Waals surface area contributed by atoms with E-state index in [1.165, 1.54) is 43.5 Å². The summed E-state index contributed by atoms with van der Waals surface area (Å²) in [5.41, 5.74) is 4.46. The summed E-state index contributed by atoms with van der Waals surface area (Å²) in [7, 11) is 0. The third kappa shape index (κ3) is 2.53. The van der Waals surface area contributed by atoms with Gasteiger partial charge in [0, 0.05) is 17.9 Å². The summed E-state index contributed by atoms with van der Waals surface area (Å²) in [5.74, 6) is 0. The first-order chi connectivity index (χ1) is 7.27. The number of hydrogen-bond acceptors (Lipinski definition) is 0. The lowest BCUT2D eigenvalue weighted by Crippen LogP contribution is -2.04. The summed E-state index contributed by atoms with van der Waals surface area (Å²) < 4.78 is 2.43. The van der Waals surface area contributed by atoms with E-state index in [1.807, 2.05) is 0 Å². The molecule has 0 radical (unpaired) electrons. The van der Waals surface area contributed by atoms with Crippen molar-refractivity contribution in [2.45, 2.75) is 52.5 Å². The van der Waals surface area contributed by atoms with Crippen LogP contribution in [-0.2, 0) is 6.54 Å². The van der Waals surface area contributed by atoms with Gasteiger partial charge in [-0.2, -0.15) is 0 Å². The van der Waals surface area contributed by atoms with Crippen LogP contribution >= 0.6 is 0 Å². The number of rotatable bonds is 3. The number of aryl methyl sites for hydroxylation is 2. The summed E-state index contributed by atoms with van der Waals surface area (Å²) in [5, 5.41) is 0.